The van der Waals surface area contributed by atoms with Crippen molar-refractivity contribution in [2.45, 2.75) is 12.8 Å². The highest BCUT2D eigenvalue weighted by Crippen LogP contribution is 2.23. The number of hydrogen-bond acceptors (Lipinski definition) is 5. The fourth-order valence-electron chi connectivity index (χ4n) is 2.28. The minimum Gasteiger partial charge on any atom is -0.363 e. The lowest BCUT2D eigenvalue weighted by molar-refractivity contribution is -0.133. The minimum atomic E-state index is -0.849. The van der Waals surface area contributed by atoms with Gasteiger partial charge in [-0.2, -0.15) is 0 Å². The highest BCUT2D eigenvalue weighted by Gasteiger charge is 2.21. The van der Waals surface area contributed by atoms with Crippen LogP contribution in [-0.4, -0.2) is 29.4 Å². The number of aromatic nitrogens is 1. The van der Waals surface area contributed by atoms with Gasteiger partial charge in [-0.25, -0.2) is 0 Å². The number of benzene rings is 1. The van der Waals surface area contributed by atoms with Crippen LogP contribution >= 0.6 is 0 Å². The molecule has 1 fully saturated rings. The molecule has 0 unspecified atom stereocenters. The van der Waals surface area contributed by atoms with Crippen molar-refractivity contribution in [3.05, 3.63) is 36.6 Å². The first-order valence-corrected chi connectivity index (χ1v) is 7.06. The average molecular weight is 314 g/mol. The molecule has 0 radical (unpaired) electrons. The van der Waals surface area contributed by atoms with Gasteiger partial charge in [-0.3, -0.25) is 19.7 Å². The summed E-state index contributed by atoms with van der Waals surface area (Å²) in [5, 5.41) is 8.25. The summed E-state index contributed by atoms with van der Waals surface area (Å²) in [7, 11) is 0. The molecule has 0 spiro atoms. The van der Waals surface area contributed by atoms with Crippen LogP contribution in [0.2, 0.25) is 0 Å². The lowest BCUT2D eigenvalue weighted by Gasteiger charge is -2.16. The number of nitrogens with one attached hydrogen (secondary N) is 2. The molecule has 2 heterocycles. The third kappa shape index (κ3) is 3.37. The molecule has 8 nitrogen and oxygen atoms in total. The smallest absolute Gasteiger partial charge is 0.315 e. The van der Waals surface area contributed by atoms with E-state index in [0.29, 0.717) is 18.7 Å². The van der Waals surface area contributed by atoms with Crippen molar-refractivity contribution < 1.29 is 18.9 Å². The largest absolute Gasteiger partial charge is 0.363 e. The molecule has 23 heavy (non-hydrogen) atoms. The number of rotatable bonds is 3. The summed E-state index contributed by atoms with van der Waals surface area (Å²) in [6.45, 7) is 0.699. The van der Waals surface area contributed by atoms with Crippen LogP contribution in [0.1, 0.15) is 12.8 Å². The second-order valence-corrected chi connectivity index (χ2v) is 4.99. The molecule has 2 aromatic rings. The van der Waals surface area contributed by atoms with E-state index >= 15 is 0 Å². The van der Waals surface area contributed by atoms with Gasteiger partial charge in [0.15, 0.2) is 5.82 Å². The van der Waals surface area contributed by atoms with E-state index in [-0.39, 0.29) is 11.7 Å². The van der Waals surface area contributed by atoms with Crippen LogP contribution in [0, 0.1) is 0 Å². The zero-order chi connectivity index (χ0) is 16.2. The Labute approximate surface area is 131 Å². The molecule has 1 aromatic carbocycles. The maximum atomic E-state index is 11.8. The highest BCUT2D eigenvalue weighted by molar-refractivity contribution is 6.43. The van der Waals surface area contributed by atoms with Crippen LogP contribution in [0.4, 0.5) is 17.2 Å². The van der Waals surface area contributed by atoms with E-state index in [1.54, 1.807) is 29.2 Å². The molecule has 118 valence electrons. The van der Waals surface area contributed by atoms with Crippen LogP contribution < -0.4 is 15.5 Å². The summed E-state index contributed by atoms with van der Waals surface area (Å²) < 4.78 is 4.56. The first-order valence-electron chi connectivity index (χ1n) is 7.06. The summed E-state index contributed by atoms with van der Waals surface area (Å²) in [6.07, 6.45) is 2.69. The van der Waals surface area contributed by atoms with Gasteiger partial charge in [-0.1, -0.05) is 5.16 Å². The van der Waals surface area contributed by atoms with Crippen molar-refractivity contribution >= 4 is 34.9 Å². The Morgan fingerprint density at radius 1 is 1.09 bits per heavy atom. The van der Waals surface area contributed by atoms with Crippen molar-refractivity contribution in [2.24, 2.45) is 0 Å². The molecule has 1 saturated heterocycles. The molecule has 2 N–H and O–H groups in total. The Morgan fingerprint density at radius 2 is 1.83 bits per heavy atom. The molecular weight excluding hydrogens is 300 g/mol. The standard InChI is InChI=1S/C15H14N4O4/c20-13-2-1-8-19(13)11-5-3-10(4-6-11)16-14(21)15(22)17-12-7-9-23-18-12/h3-7,9H,1-2,8H2,(H,16,21)(H,17,18,22). The molecule has 1 aliphatic rings. The summed E-state index contributed by atoms with van der Waals surface area (Å²) >= 11 is 0. The van der Waals surface area contributed by atoms with Crippen molar-refractivity contribution in [3.63, 3.8) is 0 Å². The molecule has 1 aromatic heterocycles. The van der Waals surface area contributed by atoms with Crippen LogP contribution in [0.5, 0.6) is 0 Å². The zero-order valence-corrected chi connectivity index (χ0v) is 12.1. The number of anilines is 3. The SMILES string of the molecule is O=C(Nc1ccc(N2CCCC2=O)cc1)C(=O)Nc1ccon1. The van der Waals surface area contributed by atoms with Crippen molar-refractivity contribution in [2.75, 3.05) is 22.1 Å². The number of carbonyl (C=O) groups excluding carboxylic acids is 3. The molecular formula is C15H14N4O4. The molecule has 0 bridgehead atoms. The van der Waals surface area contributed by atoms with Gasteiger partial charge < -0.3 is 14.7 Å². The molecule has 0 aliphatic carbocycles. The maximum absolute atomic E-state index is 11.8. The molecule has 3 rings (SSSR count). The van der Waals surface area contributed by atoms with Crippen molar-refractivity contribution in [3.8, 4) is 0 Å². The number of nitrogens with zero attached hydrogens (tertiary/aromatic N) is 2. The van der Waals surface area contributed by atoms with Gasteiger partial charge in [0, 0.05) is 30.4 Å². The third-order valence-corrected chi connectivity index (χ3v) is 3.40. The normalized spacial score (nSPS) is 13.9. The first-order chi connectivity index (χ1) is 11.1. The fourth-order valence-corrected chi connectivity index (χ4v) is 2.28. The predicted octanol–water partition coefficient (Wildman–Crippen LogP) is 1.38. The molecule has 0 atom stereocenters. The monoisotopic (exact) mass is 314 g/mol. The minimum absolute atomic E-state index is 0.0915. The van der Waals surface area contributed by atoms with Crippen molar-refractivity contribution in [1.82, 2.24) is 5.16 Å². The van der Waals surface area contributed by atoms with Gasteiger partial charge in [0.05, 0.1) is 0 Å². The Bertz CT molecular complexity index is 724. The first kappa shape index (κ1) is 14.8. The Kier molecular flexibility index (Phi) is 4.05. The van der Waals surface area contributed by atoms with E-state index in [1.807, 2.05) is 0 Å². The van der Waals surface area contributed by atoms with Crippen LogP contribution in [0.15, 0.2) is 41.1 Å². The van der Waals surface area contributed by atoms with Crippen LogP contribution in [0.25, 0.3) is 0 Å². The quantitative estimate of drug-likeness (QED) is 0.833. The van der Waals surface area contributed by atoms with E-state index in [1.165, 1.54) is 12.3 Å². The Hall–Kier alpha value is -3.16. The predicted molar refractivity (Wildman–Crippen MR) is 81.8 cm³/mol. The summed E-state index contributed by atoms with van der Waals surface area (Å²) in [6, 6.07) is 8.17. The van der Waals surface area contributed by atoms with Gasteiger partial charge in [-0.15, -0.1) is 0 Å². The van der Waals surface area contributed by atoms with E-state index in [4.69, 9.17) is 0 Å². The summed E-state index contributed by atoms with van der Waals surface area (Å²) in [5.41, 5.74) is 1.23. The van der Waals surface area contributed by atoms with Gasteiger partial charge in [0.25, 0.3) is 0 Å². The second-order valence-electron chi connectivity index (χ2n) is 4.99. The van der Waals surface area contributed by atoms with Gasteiger partial charge >= 0.3 is 11.8 Å². The maximum Gasteiger partial charge on any atom is 0.315 e. The average Bonchev–Trinajstić information content (AvgIpc) is 3.19. The number of hydrogen-bond donors (Lipinski definition) is 2. The molecule has 1 aliphatic heterocycles. The number of amides is 3. The summed E-state index contributed by atoms with van der Waals surface area (Å²) in [5.74, 6) is -1.42. The van der Waals surface area contributed by atoms with Gasteiger partial charge in [0.1, 0.15) is 6.26 Å². The third-order valence-electron chi connectivity index (χ3n) is 3.40. The Balaban J connectivity index is 1.60. The van der Waals surface area contributed by atoms with Crippen molar-refractivity contribution in [1.29, 1.82) is 0 Å². The number of carbonyl (C=O) groups is 3. The second kappa shape index (κ2) is 6.30. The van der Waals surface area contributed by atoms with Gasteiger partial charge in [0.2, 0.25) is 5.91 Å². The lowest BCUT2D eigenvalue weighted by atomic mass is 10.2. The highest BCUT2D eigenvalue weighted by atomic mass is 16.5. The molecule has 8 heteroatoms. The van der Waals surface area contributed by atoms with E-state index in [9.17, 15) is 14.4 Å². The van der Waals surface area contributed by atoms with E-state index in [2.05, 4.69) is 20.3 Å². The summed E-state index contributed by atoms with van der Waals surface area (Å²) in [4.78, 5) is 36.8. The van der Waals surface area contributed by atoms with Crippen LogP contribution in [-0.2, 0) is 14.4 Å². The molecule has 0 saturated carbocycles. The zero-order valence-electron chi connectivity index (χ0n) is 12.1. The fraction of sp³-hybridized carbons (Fsp3) is 0.200. The van der Waals surface area contributed by atoms with E-state index < -0.39 is 11.8 Å². The topological polar surface area (TPSA) is 105 Å². The Morgan fingerprint density at radius 3 is 2.43 bits per heavy atom. The van der Waals surface area contributed by atoms with E-state index in [0.717, 1.165) is 12.1 Å². The molecule has 3 amide bonds. The van der Waals surface area contributed by atoms with Crippen LogP contribution in [0.3, 0.4) is 0 Å². The lowest BCUT2D eigenvalue weighted by Crippen LogP contribution is -2.29. The van der Waals surface area contributed by atoms with Gasteiger partial charge in [-0.05, 0) is 30.7 Å².